The van der Waals surface area contributed by atoms with E-state index in [0.717, 1.165) is 30.8 Å². The molecule has 0 spiro atoms. The molecule has 0 aliphatic carbocycles. The molecule has 0 atom stereocenters. The van der Waals surface area contributed by atoms with Gasteiger partial charge in [-0.3, -0.25) is 0 Å². The first-order chi connectivity index (χ1) is 7.20. The number of hydrogen-bond acceptors (Lipinski definition) is 4. The molecule has 15 heavy (non-hydrogen) atoms. The van der Waals surface area contributed by atoms with Gasteiger partial charge < -0.3 is 10.1 Å². The topological polar surface area (TPSA) is 38.3 Å². The van der Waals surface area contributed by atoms with E-state index in [2.05, 4.69) is 12.2 Å². The minimum absolute atomic E-state index is 0.259. The Morgan fingerprint density at radius 1 is 1.53 bits per heavy atom. The molecule has 0 rings (SSSR count). The van der Waals surface area contributed by atoms with Crippen molar-refractivity contribution >= 4 is 17.7 Å². The summed E-state index contributed by atoms with van der Waals surface area (Å²) in [6.07, 6.45) is 5.77. The van der Waals surface area contributed by atoms with Crippen LogP contribution in [0.3, 0.4) is 0 Å². The lowest BCUT2D eigenvalue weighted by Crippen LogP contribution is -2.14. The first-order valence-electron chi connectivity index (χ1n) is 5.28. The number of carbonyl (C=O) groups is 1. The Morgan fingerprint density at radius 3 is 2.87 bits per heavy atom. The van der Waals surface area contributed by atoms with Crippen molar-refractivity contribution in [3.8, 4) is 0 Å². The third-order valence-corrected chi connectivity index (χ3v) is 2.38. The van der Waals surface area contributed by atoms with Crippen LogP contribution in [-0.2, 0) is 9.53 Å². The van der Waals surface area contributed by atoms with Crippen LogP contribution in [0, 0.1) is 0 Å². The summed E-state index contributed by atoms with van der Waals surface area (Å²) in [5.74, 6) is 0.590. The van der Waals surface area contributed by atoms with Gasteiger partial charge in [-0.2, -0.15) is 11.8 Å². The zero-order valence-corrected chi connectivity index (χ0v) is 10.7. The van der Waals surface area contributed by atoms with Gasteiger partial charge in [0.15, 0.2) is 0 Å². The summed E-state index contributed by atoms with van der Waals surface area (Å²) in [5.41, 5.74) is 0.873. The number of carbonyl (C=O) groups excluding carboxylic acids is 1. The van der Waals surface area contributed by atoms with Gasteiger partial charge in [0.05, 0.1) is 0 Å². The molecular weight excluding hydrogens is 210 g/mol. The highest BCUT2D eigenvalue weighted by atomic mass is 32.2. The first-order valence-corrected chi connectivity index (χ1v) is 6.68. The van der Waals surface area contributed by atoms with Crippen LogP contribution in [0.5, 0.6) is 0 Å². The van der Waals surface area contributed by atoms with Crippen molar-refractivity contribution in [3.05, 3.63) is 11.8 Å². The zero-order valence-electron chi connectivity index (χ0n) is 9.84. The lowest BCUT2D eigenvalue weighted by Gasteiger charge is -2.05. The van der Waals surface area contributed by atoms with Gasteiger partial charge >= 0.3 is 5.97 Å². The molecular formula is C11H21NO2S. The van der Waals surface area contributed by atoms with E-state index in [4.69, 9.17) is 4.74 Å². The molecule has 0 aliphatic heterocycles. The Balaban J connectivity index is 3.65. The lowest BCUT2D eigenvalue weighted by atomic mass is 10.3. The van der Waals surface area contributed by atoms with Gasteiger partial charge in [-0.1, -0.05) is 13.3 Å². The van der Waals surface area contributed by atoms with Gasteiger partial charge in [-0.25, -0.2) is 4.79 Å². The summed E-state index contributed by atoms with van der Waals surface area (Å²) >= 11 is 1.67. The predicted octanol–water partition coefficient (Wildman–Crippen LogP) is 2.19. The van der Waals surface area contributed by atoms with E-state index in [9.17, 15) is 4.79 Å². The van der Waals surface area contributed by atoms with E-state index in [0.29, 0.717) is 6.61 Å². The molecule has 0 bridgehead atoms. The van der Waals surface area contributed by atoms with Crippen molar-refractivity contribution in [2.24, 2.45) is 0 Å². The Kier molecular flexibility index (Phi) is 9.48. The summed E-state index contributed by atoms with van der Waals surface area (Å²) in [6, 6.07) is 0. The summed E-state index contributed by atoms with van der Waals surface area (Å²) in [6.45, 7) is 5.42. The van der Waals surface area contributed by atoms with E-state index in [1.165, 1.54) is 6.08 Å². The Labute approximate surface area is 96.6 Å². The highest BCUT2D eigenvalue weighted by Gasteiger charge is 1.98. The fraction of sp³-hybridized carbons (Fsp3) is 0.727. The molecule has 88 valence electrons. The van der Waals surface area contributed by atoms with E-state index in [1.54, 1.807) is 11.8 Å². The molecule has 0 saturated heterocycles. The molecule has 0 aromatic rings. The summed E-state index contributed by atoms with van der Waals surface area (Å²) in [7, 11) is 0. The van der Waals surface area contributed by atoms with Gasteiger partial charge in [0, 0.05) is 24.1 Å². The van der Waals surface area contributed by atoms with Crippen LogP contribution in [0.1, 0.15) is 26.7 Å². The average Bonchev–Trinajstić information content (AvgIpc) is 2.18. The fourth-order valence-electron chi connectivity index (χ4n) is 0.957. The number of esters is 1. The number of thioether (sulfide) groups is 1. The summed E-state index contributed by atoms with van der Waals surface area (Å²) < 4.78 is 4.98. The second kappa shape index (κ2) is 9.90. The minimum atomic E-state index is -0.259. The summed E-state index contributed by atoms with van der Waals surface area (Å²) in [5, 5.41) is 3.16. The molecule has 0 aromatic carbocycles. The molecule has 3 nitrogen and oxygen atoms in total. The normalized spacial score (nSPS) is 11.3. The number of hydrogen-bond donors (Lipinski definition) is 1. The molecule has 0 aromatic heterocycles. The number of unbranched alkanes of at least 4 members (excludes halogenated alkanes) is 1. The first kappa shape index (κ1) is 14.4. The predicted molar refractivity (Wildman–Crippen MR) is 66.0 cm³/mol. The molecule has 1 N–H and O–H groups in total. The zero-order chi connectivity index (χ0) is 11.5. The average molecular weight is 231 g/mol. The van der Waals surface area contributed by atoms with Crippen LogP contribution in [0.15, 0.2) is 11.8 Å². The maximum Gasteiger partial charge on any atom is 0.332 e. The van der Waals surface area contributed by atoms with Crippen molar-refractivity contribution in [1.82, 2.24) is 5.32 Å². The lowest BCUT2D eigenvalue weighted by molar-refractivity contribution is -0.137. The van der Waals surface area contributed by atoms with Crippen LogP contribution in [-0.4, -0.2) is 31.1 Å². The SMILES string of the molecule is CCCCN/C(C)=C\C(=O)OCCSC. The largest absolute Gasteiger partial charge is 0.462 e. The number of ether oxygens (including phenoxy) is 1. The van der Waals surface area contributed by atoms with Gasteiger partial charge in [-0.05, 0) is 19.6 Å². The molecule has 0 saturated carbocycles. The van der Waals surface area contributed by atoms with Crippen molar-refractivity contribution in [1.29, 1.82) is 0 Å². The van der Waals surface area contributed by atoms with Crippen LogP contribution >= 0.6 is 11.8 Å². The van der Waals surface area contributed by atoms with Crippen molar-refractivity contribution in [3.63, 3.8) is 0 Å². The Hall–Kier alpha value is -0.640. The third-order valence-electron chi connectivity index (χ3n) is 1.80. The number of nitrogens with one attached hydrogen (secondary N) is 1. The van der Waals surface area contributed by atoms with Crippen LogP contribution < -0.4 is 5.32 Å². The smallest absolute Gasteiger partial charge is 0.332 e. The molecule has 0 unspecified atom stereocenters. The number of rotatable bonds is 8. The Bertz CT molecular complexity index is 205. The van der Waals surface area contributed by atoms with E-state index in [-0.39, 0.29) is 5.97 Å². The van der Waals surface area contributed by atoms with E-state index >= 15 is 0 Å². The molecule has 0 heterocycles. The molecule has 0 aliphatic rings. The fourth-order valence-corrected chi connectivity index (χ4v) is 1.21. The maximum atomic E-state index is 11.2. The second-order valence-corrected chi connectivity index (χ2v) is 4.25. The quantitative estimate of drug-likeness (QED) is 0.395. The van der Waals surface area contributed by atoms with Crippen molar-refractivity contribution in [2.75, 3.05) is 25.2 Å². The minimum Gasteiger partial charge on any atom is -0.462 e. The van der Waals surface area contributed by atoms with Gasteiger partial charge in [0.2, 0.25) is 0 Å². The van der Waals surface area contributed by atoms with Gasteiger partial charge in [0.25, 0.3) is 0 Å². The van der Waals surface area contributed by atoms with Crippen molar-refractivity contribution in [2.45, 2.75) is 26.7 Å². The highest BCUT2D eigenvalue weighted by Crippen LogP contribution is 1.94. The summed E-state index contributed by atoms with van der Waals surface area (Å²) in [4.78, 5) is 11.2. The molecule has 4 heteroatoms. The van der Waals surface area contributed by atoms with Crippen LogP contribution in [0.25, 0.3) is 0 Å². The van der Waals surface area contributed by atoms with Crippen molar-refractivity contribution < 1.29 is 9.53 Å². The third kappa shape index (κ3) is 9.66. The van der Waals surface area contributed by atoms with Crippen LogP contribution in [0.4, 0.5) is 0 Å². The number of allylic oxidation sites excluding steroid dienone is 1. The Morgan fingerprint density at radius 2 is 2.27 bits per heavy atom. The second-order valence-electron chi connectivity index (χ2n) is 3.27. The molecule has 0 amide bonds. The monoisotopic (exact) mass is 231 g/mol. The standard InChI is InChI=1S/C11H21NO2S/c1-4-5-6-12-10(2)9-11(13)14-7-8-15-3/h9,12H,4-8H2,1-3H3/b10-9-. The van der Waals surface area contributed by atoms with Crippen LogP contribution in [0.2, 0.25) is 0 Å². The van der Waals surface area contributed by atoms with E-state index in [1.807, 2.05) is 13.2 Å². The molecule has 0 radical (unpaired) electrons. The highest BCUT2D eigenvalue weighted by molar-refractivity contribution is 7.98. The van der Waals surface area contributed by atoms with Gasteiger partial charge in [-0.15, -0.1) is 0 Å². The molecule has 0 fully saturated rings. The maximum absolute atomic E-state index is 11.2. The van der Waals surface area contributed by atoms with Gasteiger partial charge in [0.1, 0.15) is 6.61 Å². The van der Waals surface area contributed by atoms with E-state index < -0.39 is 0 Å².